The van der Waals surface area contributed by atoms with E-state index in [1.807, 2.05) is 0 Å². The van der Waals surface area contributed by atoms with Crippen molar-refractivity contribution >= 4 is 16.0 Å². The number of hydrogen-bond donors (Lipinski definition) is 1. The van der Waals surface area contributed by atoms with Crippen LogP contribution in [-0.4, -0.2) is 34.6 Å². The summed E-state index contributed by atoms with van der Waals surface area (Å²) in [4.78, 5) is 11.5. The van der Waals surface area contributed by atoms with Crippen LogP contribution in [0.1, 0.15) is 19.3 Å². The van der Waals surface area contributed by atoms with E-state index < -0.39 is 22.0 Å². The molecule has 116 valence electrons. The Bertz CT molecular complexity index is 592. The van der Waals surface area contributed by atoms with Crippen molar-refractivity contribution in [3.8, 4) is 5.75 Å². The van der Waals surface area contributed by atoms with Gasteiger partial charge in [0.1, 0.15) is 5.75 Å². The summed E-state index contributed by atoms with van der Waals surface area (Å²) in [5, 5.41) is 0. The van der Waals surface area contributed by atoms with E-state index in [0.29, 0.717) is 5.75 Å². The summed E-state index contributed by atoms with van der Waals surface area (Å²) in [6, 6.07) is 5.71. The predicted octanol–water partition coefficient (Wildman–Crippen LogP) is 1.32. The summed E-state index contributed by atoms with van der Waals surface area (Å²) >= 11 is 0. The average molecular weight is 313 g/mol. The second kappa shape index (κ2) is 6.44. The van der Waals surface area contributed by atoms with Crippen LogP contribution in [0.4, 0.5) is 0 Å². The van der Waals surface area contributed by atoms with Crippen molar-refractivity contribution in [2.75, 3.05) is 14.2 Å². The molecule has 2 rings (SSSR count). The van der Waals surface area contributed by atoms with Gasteiger partial charge in [0.15, 0.2) is 0 Å². The van der Waals surface area contributed by atoms with Gasteiger partial charge in [-0.15, -0.1) is 0 Å². The molecule has 21 heavy (non-hydrogen) atoms. The quantitative estimate of drug-likeness (QED) is 0.768. The summed E-state index contributed by atoms with van der Waals surface area (Å²) in [6.07, 6.45) is 1.90. The molecule has 1 unspecified atom stereocenters. The Hall–Kier alpha value is -1.60. The van der Waals surface area contributed by atoms with Gasteiger partial charge in [-0.2, -0.15) is 0 Å². The highest BCUT2D eigenvalue weighted by Crippen LogP contribution is 2.35. The van der Waals surface area contributed by atoms with Crippen LogP contribution in [0.25, 0.3) is 0 Å². The standard InChI is InChI=1S/C14H19NO5S/c1-19-11-5-7-12(8-6-11)21(17,18)15-13(10-3-4-10)9-14(16)20-2/h5-8,10,13,15H,3-4,9H2,1-2H3. The van der Waals surface area contributed by atoms with Crippen LogP contribution >= 0.6 is 0 Å². The number of hydrogen-bond acceptors (Lipinski definition) is 5. The van der Waals surface area contributed by atoms with E-state index in [-0.39, 0.29) is 17.2 Å². The summed E-state index contributed by atoms with van der Waals surface area (Å²) in [5.74, 6) is 0.378. The van der Waals surface area contributed by atoms with Crippen LogP contribution in [0.5, 0.6) is 5.75 Å². The highest BCUT2D eigenvalue weighted by molar-refractivity contribution is 7.89. The van der Waals surface area contributed by atoms with E-state index in [9.17, 15) is 13.2 Å². The molecule has 0 aliphatic heterocycles. The maximum atomic E-state index is 12.3. The van der Waals surface area contributed by atoms with E-state index in [1.165, 1.54) is 26.4 Å². The van der Waals surface area contributed by atoms with Gasteiger partial charge in [0.05, 0.1) is 25.5 Å². The minimum atomic E-state index is -3.66. The van der Waals surface area contributed by atoms with Gasteiger partial charge in [0.2, 0.25) is 10.0 Å². The van der Waals surface area contributed by atoms with E-state index >= 15 is 0 Å². The van der Waals surface area contributed by atoms with Gasteiger partial charge in [-0.1, -0.05) is 0 Å². The lowest BCUT2D eigenvalue weighted by molar-refractivity contribution is -0.141. The van der Waals surface area contributed by atoms with E-state index in [1.54, 1.807) is 12.1 Å². The molecule has 1 aliphatic rings. The fraction of sp³-hybridized carbons (Fsp3) is 0.500. The van der Waals surface area contributed by atoms with Gasteiger partial charge in [-0.25, -0.2) is 13.1 Å². The fourth-order valence-electron chi connectivity index (χ4n) is 2.09. The van der Waals surface area contributed by atoms with Crippen molar-refractivity contribution in [1.29, 1.82) is 0 Å². The number of ether oxygens (including phenoxy) is 2. The number of carbonyl (C=O) groups excluding carboxylic acids is 1. The number of rotatable bonds is 7. The summed E-state index contributed by atoms with van der Waals surface area (Å²) in [5.41, 5.74) is 0. The van der Waals surface area contributed by atoms with Gasteiger partial charge in [0.25, 0.3) is 0 Å². The fourth-order valence-corrected chi connectivity index (χ4v) is 3.39. The van der Waals surface area contributed by atoms with Crippen molar-refractivity contribution < 1.29 is 22.7 Å². The largest absolute Gasteiger partial charge is 0.497 e. The molecule has 1 aliphatic carbocycles. The molecule has 0 aromatic heterocycles. The molecule has 1 saturated carbocycles. The molecular formula is C14H19NO5S. The van der Waals surface area contributed by atoms with Crippen LogP contribution in [0.15, 0.2) is 29.2 Å². The Labute approximate surface area is 124 Å². The molecule has 1 fully saturated rings. The molecule has 0 saturated heterocycles. The van der Waals surface area contributed by atoms with E-state index in [4.69, 9.17) is 4.74 Å². The Morgan fingerprint density at radius 3 is 2.38 bits per heavy atom. The monoisotopic (exact) mass is 313 g/mol. The molecule has 0 bridgehead atoms. The van der Waals surface area contributed by atoms with Crippen molar-refractivity contribution in [2.45, 2.75) is 30.2 Å². The number of carbonyl (C=O) groups is 1. The molecule has 0 radical (unpaired) electrons. The van der Waals surface area contributed by atoms with E-state index in [0.717, 1.165) is 12.8 Å². The lowest BCUT2D eigenvalue weighted by Gasteiger charge is -2.17. The lowest BCUT2D eigenvalue weighted by Crippen LogP contribution is -2.38. The van der Waals surface area contributed by atoms with Gasteiger partial charge in [-0.3, -0.25) is 4.79 Å². The first kappa shape index (κ1) is 15.8. The molecule has 1 atom stereocenters. The maximum absolute atomic E-state index is 12.3. The normalized spacial score (nSPS) is 16.3. The molecule has 0 heterocycles. The maximum Gasteiger partial charge on any atom is 0.307 e. The minimum Gasteiger partial charge on any atom is -0.497 e. The zero-order valence-corrected chi connectivity index (χ0v) is 12.9. The van der Waals surface area contributed by atoms with Crippen molar-refractivity contribution in [3.05, 3.63) is 24.3 Å². The number of methoxy groups -OCH3 is 2. The minimum absolute atomic E-state index is 0.0521. The first-order chi connectivity index (χ1) is 9.96. The Morgan fingerprint density at radius 1 is 1.29 bits per heavy atom. The topological polar surface area (TPSA) is 81.7 Å². The van der Waals surface area contributed by atoms with Gasteiger partial charge < -0.3 is 9.47 Å². The Kier molecular flexibility index (Phi) is 4.84. The van der Waals surface area contributed by atoms with Crippen LogP contribution in [0.3, 0.4) is 0 Å². The number of sulfonamides is 1. The Balaban J connectivity index is 2.11. The van der Waals surface area contributed by atoms with Crippen molar-refractivity contribution in [2.24, 2.45) is 5.92 Å². The molecule has 7 heteroatoms. The van der Waals surface area contributed by atoms with Crippen LogP contribution < -0.4 is 9.46 Å². The molecule has 1 N–H and O–H groups in total. The molecular weight excluding hydrogens is 294 g/mol. The smallest absolute Gasteiger partial charge is 0.307 e. The summed E-state index contributed by atoms with van der Waals surface area (Å²) < 4.78 is 36.9. The highest BCUT2D eigenvalue weighted by atomic mass is 32.2. The van der Waals surface area contributed by atoms with E-state index in [2.05, 4.69) is 9.46 Å². The summed E-state index contributed by atoms with van der Waals surface area (Å²) in [7, 11) is -0.846. The first-order valence-corrected chi connectivity index (χ1v) is 8.18. The highest BCUT2D eigenvalue weighted by Gasteiger charge is 2.35. The second-order valence-corrected chi connectivity index (χ2v) is 6.73. The van der Waals surface area contributed by atoms with Crippen molar-refractivity contribution in [1.82, 2.24) is 4.72 Å². The third-order valence-corrected chi connectivity index (χ3v) is 4.99. The number of nitrogens with one attached hydrogen (secondary N) is 1. The number of benzene rings is 1. The third-order valence-electron chi connectivity index (χ3n) is 3.48. The molecule has 1 aromatic carbocycles. The molecule has 0 spiro atoms. The predicted molar refractivity (Wildman–Crippen MR) is 76.5 cm³/mol. The van der Waals surface area contributed by atoms with Crippen LogP contribution in [0, 0.1) is 5.92 Å². The first-order valence-electron chi connectivity index (χ1n) is 6.69. The zero-order chi connectivity index (χ0) is 15.5. The van der Waals surface area contributed by atoms with Crippen LogP contribution in [0.2, 0.25) is 0 Å². The summed E-state index contributed by atoms with van der Waals surface area (Å²) in [6.45, 7) is 0. The Morgan fingerprint density at radius 2 is 1.90 bits per heavy atom. The third kappa shape index (κ3) is 4.18. The van der Waals surface area contributed by atoms with Gasteiger partial charge in [0, 0.05) is 6.04 Å². The zero-order valence-electron chi connectivity index (χ0n) is 12.0. The average Bonchev–Trinajstić information content (AvgIpc) is 3.31. The van der Waals surface area contributed by atoms with Gasteiger partial charge in [-0.05, 0) is 43.0 Å². The number of esters is 1. The molecule has 0 amide bonds. The SMILES string of the molecule is COC(=O)CC(NS(=O)(=O)c1ccc(OC)cc1)C1CC1. The van der Waals surface area contributed by atoms with Crippen LogP contribution in [-0.2, 0) is 19.6 Å². The second-order valence-electron chi connectivity index (χ2n) is 5.02. The molecule has 6 nitrogen and oxygen atoms in total. The molecule has 1 aromatic rings. The van der Waals surface area contributed by atoms with Gasteiger partial charge >= 0.3 is 5.97 Å². The lowest BCUT2D eigenvalue weighted by atomic mass is 10.1. The van der Waals surface area contributed by atoms with Crippen molar-refractivity contribution in [3.63, 3.8) is 0 Å².